The molecule has 3 rings (SSSR count). The van der Waals surface area contributed by atoms with E-state index in [0.717, 1.165) is 24.1 Å². The van der Waals surface area contributed by atoms with E-state index in [2.05, 4.69) is 50.1 Å². The van der Waals surface area contributed by atoms with Crippen LogP contribution in [0, 0.1) is 5.92 Å². The highest BCUT2D eigenvalue weighted by atomic mass is 16.5. The van der Waals surface area contributed by atoms with Crippen LogP contribution < -0.4 is 0 Å². The van der Waals surface area contributed by atoms with Crippen LogP contribution in [0.5, 0.6) is 0 Å². The number of hydrogen-bond donors (Lipinski definition) is 1. The molecule has 1 saturated heterocycles. The summed E-state index contributed by atoms with van der Waals surface area (Å²) in [5.74, 6) is -0.0302. The van der Waals surface area contributed by atoms with Crippen molar-refractivity contribution in [2.24, 2.45) is 5.92 Å². The Morgan fingerprint density at radius 2 is 1.80 bits per heavy atom. The van der Waals surface area contributed by atoms with Crippen molar-refractivity contribution in [3.63, 3.8) is 0 Å². The first-order chi connectivity index (χ1) is 14.5. The van der Waals surface area contributed by atoms with Crippen LogP contribution in [0.4, 0.5) is 0 Å². The number of rotatable bonds is 9. The molecule has 1 N–H and O–H groups in total. The first-order valence-corrected chi connectivity index (χ1v) is 11.2. The summed E-state index contributed by atoms with van der Waals surface area (Å²) >= 11 is 0. The van der Waals surface area contributed by atoms with Crippen molar-refractivity contribution in [3.8, 4) is 0 Å². The number of likely N-dealkylation sites (tertiary alicyclic amines) is 1. The maximum absolute atomic E-state index is 11.9. The number of ether oxygens (including phenoxy) is 1. The molecule has 4 atom stereocenters. The predicted octanol–water partition coefficient (Wildman–Crippen LogP) is 5.49. The second kappa shape index (κ2) is 10.7. The zero-order valence-electron chi connectivity index (χ0n) is 18.5. The Hall–Kier alpha value is -2.17. The average Bonchev–Trinajstić information content (AvgIpc) is 2.77. The molecule has 2 aromatic carbocycles. The Labute approximate surface area is 180 Å². The molecule has 3 unspecified atom stereocenters. The van der Waals surface area contributed by atoms with E-state index in [0.29, 0.717) is 18.3 Å². The van der Waals surface area contributed by atoms with Crippen molar-refractivity contribution in [2.75, 3.05) is 20.1 Å². The van der Waals surface area contributed by atoms with E-state index in [9.17, 15) is 9.90 Å². The number of nitrogens with zero attached hydrogens (tertiary/aromatic N) is 1. The maximum atomic E-state index is 11.9. The molecule has 1 aliphatic rings. The Bertz CT molecular complexity index is 790. The monoisotopic (exact) mass is 409 g/mol. The summed E-state index contributed by atoms with van der Waals surface area (Å²) < 4.78 is 6.25. The average molecular weight is 410 g/mol. The molecule has 0 bridgehead atoms. The molecular weight excluding hydrogens is 374 g/mol. The first-order valence-electron chi connectivity index (χ1n) is 11.2. The Kier molecular flexibility index (Phi) is 8.06. The van der Waals surface area contributed by atoms with Crippen LogP contribution in [0.1, 0.15) is 68.2 Å². The number of hydrogen-bond acceptors (Lipinski definition) is 3. The van der Waals surface area contributed by atoms with Gasteiger partial charge in [0.25, 0.3) is 0 Å². The molecule has 4 heteroatoms. The molecule has 1 heterocycles. The van der Waals surface area contributed by atoms with Gasteiger partial charge in [-0.15, -0.1) is 0 Å². The maximum Gasteiger partial charge on any atom is 0.332 e. The van der Waals surface area contributed by atoms with Gasteiger partial charge in [0.05, 0.1) is 0 Å². The summed E-state index contributed by atoms with van der Waals surface area (Å²) in [7, 11) is 2.18. The number of benzene rings is 2. The van der Waals surface area contributed by atoms with Gasteiger partial charge in [0, 0.05) is 6.54 Å². The van der Waals surface area contributed by atoms with Crippen LogP contribution in [0.3, 0.4) is 0 Å². The van der Waals surface area contributed by atoms with Gasteiger partial charge in [-0.1, -0.05) is 74.9 Å². The lowest BCUT2D eigenvalue weighted by atomic mass is 9.89. The van der Waals surface area contributed by atoms with Gasteiger partial charge >= 0.3 is 5.97 Å². The van der Waals surface area contributed by atoms with Crippen molar-refractivity contribution < 1.29 is 14.6 Å². The summed E-state index contributed by atoms with van der Waals surface area (Å²) in [5, 5.41) is 9.77. The zero-order valence-corrected chi connectivity index (χ0v) is 18.5. The molecule has 0 saturated carbocycles. The summed E-state index contributed by atoms with van der Waals surface area (Å²) in [6.07, 6.45) is 2.69. The van der Waals surface area contributed by atoms with Crippen LogP contribution in [0.25, 0.3) is 0 Å². The van der Waals surface area contributed by atoms with Crippen LogP contribution in [-0.2, 0) is 9.53 Å². The summed E-state index contributed by atoms with van der Waals surface area (Å²) in [5.41, 5.74) is 3.34. The summed E-state index contributed by atoms with van der Waals surface area (Å²) in [6.45, 7) is 6.42. The van der Waals surface area contributed by atoms with Crippen LogP contribution in [0.2, 0.25) is 0 Å². The van der Waals surface area contributed by atoms with Crippen LogP contribution >= 0.6 is 0 Å². The smallest absolute Gasteiger partial charge is 0.332 e. The quantitative estimate of drug-likeness (QED) is 0.595. The SMILES string of the molecule is CCC(C)C[C@H](OC(c1ccccc1)c1ccc(C2CCCN(C)C2)cc1)C(=O)O. The van der Waals surface area contributed by atoms with Gasteiger partial charge in [0.2, 0.25) is 0 Å². The molecule has 162 valence electrons. The van der Waals surface area contributed by atoms with Crippen molar-refractivity contribution in [2.45, 2.75) is 57.7 Å². The highest BCUT2D eigenvalue weighted by Gasteiger charge is 2.27. The molecule has 2 aromatic rings. The molecular formula is C26H35NO3. The highest BCUT2D eigenvalue weighted by Crippen LogP contribution is 2.32. The molecule has 0 spiro atoms. The van der Waals surface area contributed by atoms with E-state index in [4.69, 9.17) is 4.74 Å². The van der Waals surface area contributed by atoms with E-state index < -0.39 is 12.1 Å². The molecule has 0 aromatic heterocycles. The minimum absolute atomic E-state index is 0.299. The zero-order chi connectivity index (χ0) is 21.5. The molecule has 0 amide bonds. The van der Waals surface area contributed by atoms with Gasteiger partial charge in [-0.3, -0.25) is 0 Å². The van der Waals surface area contributed by atoms with Gasteiger partial charge in [-0.2, -0.15) is 0 Å². The van der Waals surface area contributed by atoms with Crippen LogP contribution in [-0.4, -0.2) is 42.2 Å². The molecule has 4 nitrogen and oxygen atoms in total. The van der Waals surface area contributed by atoms with E-state index in [1.54, 1.807) is 0 Å². The third-order valence-corrected chi connectivity index (χ3v) is 6.33. The Morgan fingerprint density at radius 1 is 1.13 bits per heavy atom. The van der Waals surface area contributed by atoms with Gasteiger partial charge in [0.15, 0.2) is 6.10 Å². The topological polar surface area (TPSA) is 49.8 Å². The minimum Gasteiger partial charge on any atom is -0.479 e. The van der Waals surface area contributed by atoms with Gasteiger partial charge in [-0.25, -0.2) is 4.79 Å². The van der Waals surface area contributed by atoms with E-state index in [-0.39, 0.29) is 6.10 Å². The third-order valence-electron chi connectivity index (χ3n) is 6.33. The third kappa shape index (κ3) is 5.93. The van der Waals surface area contributed by atoms with Gasteiger partial charge in [-0.05, 0) is 61.4 Å². The van der Waals surface area contributed by atoms with E-state index in [1.807, 2.05) is 30.3 Å². The van der Waals surface area contributed by atoms with Crippen molar-refractivity contribution in [1.29, 1.82) is 0 Å². The normalized spacial score (nSPS) is 20.4. The number of aliphatic carboxylic acids is 1. The number of likely N-dealkylation sites (N-methyl/N-ethyl adjacent to an activating group) is 1. The van der Waals surface area contributed by atoms with E-state index in [1.165, 1.54) is 24.9 Å². The minimum atomic E-state index is -0.891. The van der Waals surface area contributed by atoms with Crippen LogP contribution in [0.15, 0.2) is 54.6 Å². The van der Waals surface area contributed by atoms with E-state index >= 15 is 0 Å². The lowest BCUT2D eigenvalue weighted by Gasteiger charge is -2.30. The lowest BCUT2D eigenvalue weighted by molar-refractivity contribution is -0.154. The van der Waals surface area contributed by atoms with Crippen molar-refractivity contribution in [3.05, 3.63) is 71.3 Å². The second-order valence-electron chi connectivity index (χ2n) is 8.77. The molecule has 30 heavy (non-hydrogen) atoms. The fourth-order valence-electron chi connectivity index (χ4n) is 4.27. The largest absolute Gasteiger partial charge is 0.479 e. The van der Waals surface area contributed by atoms with Crippen molar-refractivity contribution in [1.82, 2.24) is 4.90 Å². The summed E-state index contributed by atoms with van der Waals surface area (Å²) in [4.78, 5) is 14.3. The fourth-order valence-corrected chi connectivity index (χ4v) is 4.27. The number of piperidine rings is 1. The van der Waals surface area contributed by atoms with Crippen molar-refractivity contribution >= 4 is 5.97 Å². The number of carbonyl (C=O) groups is 1. The highest BCUT2D eigenvalue weighted by molar-refractivity contribution is 5.72. The Balaban J connectivity index is 1.84. The fraction of sp³-hybridized carbons (Fsp3) is 0.500. The predicted molar refractivity (Wildman–Crippen MR) is 121 cm³/mol. The standard InChI is InChI=1S/C26H35NO3/c1-4-19(2)17-24(26(28)29)30-25(21-9-6-5-7-10-21)22-14-12-20(13-15-22)23-11-8-16-27(3)18-23/h5-7,9-10,12-15,19,23-25H,4,8,11,16-18H2,1-3H3,(H,28,29)/t19?,23?,24-,25?/m0/s1. The first kappa shape index (κ1) is 22.5. The molecule has 0 aliphatic carbocycles. The number of carboxylic acid groups (broad SMARTS) is 1. The molecule has 1 aliphatic heterocycles. The van der Waals surface area contributed by atoms with Gasteiger partial charge < -0.3 is 14.7 Å². The lowest BCUT2D eigenvalue weighted by Crippen LogP contribution is -2.30. The second-order valence-corrected chi connectivity index (χ2v) is 8.77. The Morgan fingerprint density at radius 3 is 2.40 bits per heavy atom. The number of carboxylic acids is 1. The summed E-state index contributed by atoms with van der Waals surface area (Å²) in [6, 6.07) is 18.6. The molecule has 1 fully saturated rings. The molecule has 0 radical (unpaired) electrons. The van der Waals surface area contributed by atoms with Gasteiger partial charge in [0.1, 0.15) is 6.10 Å².